The first-order valence-electron chi connectivity index (χ1n) is 9.12. The highest BCUT2D eigenvalue weighted by Gasteiger charge is 2.09. The minimum Gasteiger partial charge on any atom is -0.490 e. The van der Waals surface area contributed by atoms with Crippen LogP contribution in [-0.2, 0) is 11.4 Å². The van der Waals surface area contributed by atoms with Crippen molar-refractivity contribution < 1.29 is 14.3 Å². The van der Waals surface area contributed by atoms with Crippen molar-refractivity contribution in [3.8, 4) is 11.5 Å². The molecule has 0 fully saturated rings. The van der Waals surface area contributed by atoms with E-state index in [0.717, 1.165) is 46.0 Å². The number of hydrogen-bond acceptors (Lipinski definition) is 5. The van der Waals surface area contributed by atoms with E-state index in [-0.39, 0.29) is 0 Å². The predicted molar refractivity (Wildman–Crippen MR) is 109 cm³/mol. The first-order chi connectivity index (χ1) is 13.1. The fourth-order valence-corrected chi connectivity index (χ4v) is 2.72. The van der Waals surface area contributed by atoms with Crippen LogP contribution in [0.4, 0.5) is 0 Å². The molecule has 0 saturated heterocycles. The van der Waals surface area contributed by atoms with Crippen LogP contribution in [0.3, 0.4) is 0 Å². The standard InChI is InChI=1S/C22H28N2O3/c1-6-8-11-26-20-12-16(3)22(17(4)13-20)27-15-19-10-9-18(14-23-19)21(7-2)24-25-5/h6,8-10,12-14H,7,11,15H2,1-5H3/b8-6+,24-21?. The van der Waals surface area contributed by atoms with E-state index in [1.54, 1.807) is 13.3 Å². The SMILES string of the molecule is C/C=C/COc1cc(C)c(OCc2ccc(C(CC)=NOC)cn2)c(C)c1. The Hall–Kier alpha value is -2.82. The molecule has 0 unspecified atom stereocenters. The predicted octanol–water partition coefficient (Wildman–Crippen LogP) is 4.99. The maximum absolute atomic E-state index is 6.02. The lowest BCUT2D eigenvalue weighted by Gasteiger charge is -2.14. The highest BCUT2D eigenvalue weighted by molar-refractivity contribution is 5.99. The molecule has 1 heterocycles. The van der Waals surface area contributed by atoms with Crippen molar-refractivity contribution in [1.82, 2.24) is 4.98 Å². The van der Waals surface area contributed by atoms with Gasteiger partial charge in [-0.1, -0.05) is 24.2 Å². The van der Waals surface area contributed by atoms with Crippen LogP contribution in [0.1, 0.15) is 42.7 Å². The monoisotopic (exact) mass is 368 g/mol. The summed E-state index contributed by atoms with van der Waals surface area (Å²) in [4.78, 5) is 9.35. The highest BCUT2D eigenvalue weighted by Crippen LogP contribution is 2.29. The zero-order chi connectivity index (χ0) is 19.6. The van der Waals surface area contributed by atoms with E-state index in [9.17, 15) is 0 Å². The van der Waals surface area contributed by atoms with E-state index in [0.29, 0.717) is 13.2 Å². The van der Waals surface area contributed by atoms with Gasteiger partial charge < -0.3 is 14.3 Å². The van der Waals surface area contributed by atoms with Crippen LogP contribution in [0.25, 0.3) is 0 Å². The van der Waals surface area contributed by atoms with Crippen molar-refractivity contribution in [1.29, 1.82) is 0 Å². The second-order valence-corrected chi connectivity index (χ2v) is 6.17. The van der Waals surface area contributed by atoms with Gasteiger partial charge in [-0.05, 0) is 62.6 Å². The van der Waals surface area contributed by atoms with Gasteiger partial charge in [0.15, 0.2) is 0 Å². The summed E-state index contributed by atoms with van der Waals surface area (Å²) in [6.07, 6.45) is 6.54. The van der Waals surface area contributed by atoms with Crippen LogP contribution in [-0.4, -0.2) is 24.4 Å². The Morgan fingerprint density at radius 3 is 2.44 bits per heavy atom. The molecule has 0 N–H and O–H groups in total. The number of hydrogen-bond donors (Lipinski definition) is 0. The number of rotatable bonds is 9. The summed E-state index contributed by atoms with van der Waals surface area (Å²) < 4.78 is 11.7. The summed E-state index contributed by atoms with van der Waals surface area (Å²) in [5.74, 6) is 1.72. The lowest BCUT2D eigenvalue weighted by Crippen LogP contribution is -2.05. The molecule has 5 heteroatoms. The molecule has 0 atom stereocenters. The summed E-state index contributed by atoms with van der Waals surface area (Å²) in [6, 6.07) is 7.94. The van der Waals surface area contributed by atoms with Gasteiger partial charge in [-0.3, -0.25) is 4.98 Å². The second kappa shape index (κ2) is 10.4. The van der Waals surface area contributed by atoms with Crippen LogP contribution in [0.5, 0.6) is 11.5 Å². The summed E-state index contributed by atoms with van der Waals surface area (Å²) >= 11 is 0. The Bertz CT molecular complexity index is 773. The van der Waals surface area contributed by atoms with Crippen molar-refractivity contribution in [3.05, 3.63) is 65.0 Å². The first kappa shape index (κ1) is 20.5. The van der Waals surface area contributed by atoms with Crippen LogP contribution in [0.2, 0.25) is 0 Å². The number of aromatic nitrogens is 1. The number of oxime groups is 1. The normalized spacial score (nSPS) is 11.7. The number of pyridine rings is 1. The quantitative estimate of drug-likeness (QED) is 0.355. The van der Waals surface area contributed by atoms with Crippen molar-refractivity contribution >= 4 is 5.71 Å². The molecule has 144 valence electrons. The molecule has 0 radical (unpaired) electrons. The van der Waals surface area contributed by atoms with Gasteiger partial charge in [-0.15, -0.1) is 0 Å². The number of allylic oxidation sites excluding steroid dienone is 1. The van der Waals surface area contributed by atoms with Crippen LogP contribution in [0, 0.1) is 13.8 Å². The van der Waals surface area contributed by atoms with Gasteiger partial charge in [0.05, 0.1) is 11.4 Å². The molecule has 0 saturated carbocycles. The van der Waals surface area contributed by atoms with Gasteiger partial charge >= 0.3 is 0 Å². The minimum absolute atomic E-state index is 0.406. The average Bonchev–Trinajstić information content (AvgIpc) is 2.66. The van der Waals surface area contributed by atoms with Crippen LogP contribution >= 0.6 is 0 Å². The van der Waals surface area contributed by atoms with E-state index in [2.05, 4.69) is 10.1 Å². The van der Waals surface area contributed by atoms with Gasteiger partial charge in [-0.25, -0.2) is 0 Å². The maximum atomic E-state index is 6.02. The van der Waals surface area contributed by atoms with Crippen molar-refractivity contribution in [2.24, 2.45) is 5.16 Å². The molecule has 0 amide bonds. The molecule has 0 aliphatic rings. The summed E-state index contributed by atoms with van der Waals surface area (Å²) in [5.41, 5.74) is 4.78. The Morgan fingerprint density at radius 1 is 1.15 bits per heavy atom. The molecule has 1 aromatic heterocycles. The van der Waals surface area contributed by atoms with E-state index in [1.807, 2.05) is 64.1 Å². The zero-order valence-electron chi connectivity index (χ0n) is 16.8. The van der Waals surface area contributed by atoms with Gasteiger partial charge in [0, 0.05) is 11.8 Å². The van der Waals surface area contributed by atoms with Gasteiger partial charge in [-0.2, -0.15) is 0 Å². The smallest absolute Gasteiger partial charge is 0.130 e. The maximum Gasteiger partial charge on any atom is 0.130 e. The Balaban J connectivity index is 2.04. The molecular weight excluding hydrogens is 340 g/mol. The van der Waals surface area contributed by atoms with E-state index in [4.69, 9.17) is 14.3 Å². The molecule has 1 aromatic carbocycles. The molecular formula is C22H28N2O3. The largest absolute Gasteiger partial charge is 0.490 e. The van der Waals surface area contributed by atoms with Gasteiger partial charge in [0.2, 0.25) is 0 Å². The lowest BCUT2D eigenvalue weighted by atomic mass is 10.1. The molecule has 0 bridgehead atoms. The van der Waals surface area contributed by atoms with Gasteiger partial charge in [0.1, 0.15) is 31.8 Å². The first-order valence-corrected chi connectivity index (χ1v) is 9.12. The van der Waals surface area contributed by atoms with Crippen LogP contribution < -0.4 is 9.47 Å². The Morgan fingerprint density at radius 2 is 1.89 bits per heavy atom. The van der Waals surface area contributed by atoms with Crippen molar-refractivity contribution in [3.63, 3.8) is 0 Å². The number of ether oxygens (including phenoxy) is 2. The number of benzene rings is 1. The number of nitrogens with zero attached hydrogens (tertiary/aromatic N) is 2. The molecule has 27 heavy (non-hydrogen) atoms. The molecule has 2 rings (SSSR count). The second-order valence-electron chi connectivity index (χ2n) is 6.17. The van der Waals surface area contributed by atoms with Crippen molar-refractivity contribution in [2.75, 3.05) is 13.7 Å². The summed E-state index contributed by atoms with van der Waals surface area (Å²) in [5, 5.41) is 4.02. The molecule has 5 nitrogen and oxygen atoms in total. The van der Waals surface area contributed by atoms with Gasteiger partial charge in [0.25, 0.3) is 0 Å². The molecule has 0 spiro atoms. The average molecular weight is 368 g/mol. The topological polar surface area (TPSA) is 52.9 Å². The molecule has 2 aromatic rings. The fraction of sp³-hybridized carbons (Fsp3) is 0.364. The lowest BCUT2D eigenvalue weighted by molar-refractivity contribution is 0.213. The Labute approximate surface area is 161 Å². The molecule has 0 aliphatic heterocycles. The summed E-state index contributed by atoms with van der Waals surface area (Å²) in [7, 11) is 1.55. The van der Waals surface area contributed by atoms with E-state index in [1.165, 1.54) is 0 Å². The van der Waals surface area contributed by atoms with Crippen LogP contribution in [0.15, 0.2) is 47.8 Å². The zero-order valence-corrected chi connectivity index (χ0v) is 16.8. The van der Waals surface area contributed by atoms with E-state index < -0.39 is 0 Å². The van der Waals surface area contributed by atoms with E-state index >= 15 is 0 Å². The third-order valence-electron chi connectivity index (χ3n) is 4.07. The molecule has 0 aliphatic carbocycles. The minimum atomic E-state index is 0.406. The third kappa shape index (κ3) is 5.84. The fourth-order valence-electron chi connectivity index (χ4n) is 2.72. The summed E-state index contributed by atoms with van der Waals surface area (Å²) in [6.45, 7) is 9.03. The van der Waals surface area contributed by atoms with Crippen molar-refractivity contribution in [2.45, 2.75) is 40.7 Å². The Kier molecular flexibility index (Phi) is 7.86. The highest BCUT2D eigenvalue weighted by atomic mass is 16.6. The number of aryl methyl sites for hydroxylation is 2. The third-order valence-corrected chi connectivity index (χ3v) is 4.07.